The zero-order valence-corrected chi connectivity index (χ0v) is 14.9. The zero-order valence-electron chi connectivity index (χ0n) is 14.9. The molecule has 0 saturated heterocycles. The van der Waals surface area contributed by atoms with E-state index in [1.54, 1.807) is 12.3 Å². The van der Waals surface area contributed by atoms with Gasteiger partial charge in [-0.05, 0) is 46.6 Å². The Bertz CT molecular complexity index is 1240. The molecule has 10 heteroatoms. The van der Waals surface area contributed by atoms with E-state index in [4.69, 9.17) is 10.4 Å². The van der Waals surface area contributed by atoms with Crippen LogP contribution >= 0.6 is 0 Å². The van der Waals surface area contributed by atoms with Crippen molar-refractivity contribution in [3.8, 4) is 16.9 Å². The Hall–Kier alpha value is -3.66. The average molecular weight is 381 g/mol. The summed E-state index contributed by atoms with van der Waals surface area (Å²) in [6.07, 6.45) is 3.37. The molecule has 0 atom stereocenters. The molecule has 0 aliphatic rings. The Labute approximate surface area is 157 Å². The van der Waals surface area contributed by atoms with Crippen LogP contribution in [0.5, 0.6) is 0 Å². The van der Waals surface area contributed by atoms with Gasteiger partial charge in [0.1, 0.15) is 17.4 Å². The number of aryl methyl sites for hydroxylation is 1. The molecule has 0 spiro atoms. The predicted octanol–water partition coefficient (Wildman–Crippen LogP) is 1.75. The van der Waals surface area contributed by atoms with Crippen LogP contribution in [0.3, 0.4) is 0 Å². The van der Waals surface area contributed by atoms with Crippen LogP contribution in [0.15, 0.2) is 58.1 Å². The monoisotopic (exact) mass is 381 g/mol. The number of rotatable bonds is 5. The number of fused-ring (bicyclic) bond motifs is 1. The summed E-state index contributed by atoms with van der Waals surface area (Å²) in [5.41, 5.74) is 9.59. The average Bonchev–Trinajstić information content (AvgIpc) is 3.32. The highest BCUT2D eigenvalue weighted by molar-refractivity contribution is 5.79. The lowest BCUT2D eigenvalue weighted by molar-refractivity contribution is 0.315. The van der Waals surface area contributed by atoms with Gasteiger partial charge in [-0.1, -0.05) is 6.07 Å². The van der Waals surface area contributed by atoms with Gasteiger partial charge in [0.25, 0.3) is 0 Å². The second-order valence-electron chi connectivity index (χ2n) is 6.24. The molecule has 0 saturated carbocycles. The van der Waals surface area contributed by atoms with Crippen molar-refractivity contribution in [2.75, 3.05) is 6.54 Å². The third-order valence-electron chi connectivity index (χ3n) is 4.39. The molecule has 0 radical (unpaired) electrons. The lowest BCUT2D eigenvalue weighted by atomic mass is 10.1. The van der Waals surface area contributed by atoms with Crippen molar-refractivity contribution in [3.63, 3.8) is 0 Å². The summed E-state index contributed by atoms with van der Waals surface area (Å²) in [5.74, 6) is 0. The fourth-order valence-electron chi connectivity index (χ4n) is 2.85. The molecule has 0 aliphatic heterocycles. The van der Waals surface area contributed by atoms with Crippen LogP contribution in [0.4, 0.5) is 4.39 Å². The number of hydrogen-bond donors (Lipinski definition) is 1. The molecular weight excluding hydrogens is 365 g/mol. The molecule has 0 unspecified atom stereocenters. The molecule has 3 aromatic heterocycles. The molecule has 28 heavy (non-hydrogen) atoms. The van der Waals surface area contributed by atoms with Gasteiger partial charge in [0, 0.05) is 12.1 Å². The van der Waals surface area contributed by atoms with Gasteiger partial charge in [0.15, 0.2) is 0 Å². The van der Waals surface area contributed by atoms with Crippen molar-refractivity contribution < 1.29 is 9.02 Å². The molecule has 0 fully saturated rings. The van der Waals surface area contributed by atoms with Crippen molar-refractivity contribution in [2.45, 2.75) is 13.5 Å². The molecule has 4 aromatic rings. The summed E-state index contributed by atoms with van der Waals surface area (Å²) >= 11 is 0. The number of nitrogens with zero attached hydrogens (tertiary/aromatic N) is 6. The topological polar surface area (TPSA) is 118 Å². The summed E-state index contributed by atoms with van der Waals surface area (Å²) in [4.78, 5) is 17.0. The van der Waals surface area contributed by atoms with Gasteiger partial charge in [0.05, 0.1) is 30.5 Å². The molecule has 4 rings (SSSR count). The van der Waals surface area contributed by atoms with Crippen LogP contribution in [0.2, 0.25) is 0 Å². The van der Waals surface area contributed by atoms with Crippen LogP contribution in [-0.4, -0.2) is 36.2 Å². The zero-order chi connectivity index (χ0) is 19.7. The van der Waals surface area contributed by atoms with E-state index < -0.39 is 5.69 Å². The van der Waals surface area contributed by atoms with Gasteiger partial charge in [-0.2, -0.15) is 5.10 Å². The first-order chi connectivity index (χ1) is 13.6. The first kappa shape index (κ1) is 17.7. The normalized spacial score (nSPS) is 12.0. The third kappa shape index (κ3) is 3.09. The van der Waals surface area contributed by atoms with Crippen molar-refractivity contribution in [1.82, 2.24) is 29.6 Å². The molecular formula is C18H16FN7O2. The Morgan fingerprint density at radius 2 is 2.11 bits per heavy atom. The van der Waals surface area contributed by atoms with Gasteiger partial charge in [-0.3, -0.25) is 4.98 Å². The summed E-state index contributed by atoms with van der Waals surface area (Å²) in [6.45, 7) is 1.87. The smallest absolute Gasteiger partial charge is 0.327 e. The highest BCUT2D eigenvalue weighted by Crippen LogP contribution is 2.23. The van der Waals surface area contributed by atoms with Crippen LogP contribution in [0.1, 0.15) is 5.56 Å². The van der Waals surface area contributed by atoms with Crippen LogP contribution < -0.4 is 11.4 Å². The highest BCUT2D eigenvalue weighted by Gasteiger charge is 2.12. The Kier molecular flexibility index (Phi) is 4.53. The molecule has 0 aliphatic carbocycles. The summed E-state index contributed by atoms with van der Waals surface area (Å²) in [5, 5.41) is 11.6. The van der Waals surface area contributed by atoms with E-state index in [0.717, 1.165) is 21.5 Å². The van der Waals surface area contributed by atoms with Gasteiger partial charge >= 0.3 is 5.69 Å². The first-order valence-electron chi connectivity index (χ1n) is 8.43. The maximum Gasteiger partial charge on any atom is 0.350 e. The van der Waals surface area contributed by atoms with Crippen molar-refractivity contribution in [1.29, 1.82) is 0 Å². The van der Waals surface area contributed by atoms with E-state index in [0.29, 0.717) is 23.1 Å². The number of benzene rings is 1. The van der Waals surface area contributed by atoms with Gasteiger partial charge < -0.3 is 5.73 Å². The Morgan fingerprint density at radius 1 is 1.29 bits per heavy atom. The molecule has 0 amide bonds. The van der Waals surface area contributed by atoms with E-state index in [1.807, 2.05) is 25.1 Å². The molecule has 1 aromatic carbocycles. The molecule has 0 bridgehead atoms. The minimum atomic E-state index is -0.402. The number of aromatic nitrogens is 6. The van der Waals surface area contributed by atoms with E-state index >= 15 is 0 Å². The minimum Gasteiger partial charge on any atom is -0.327 e. The molecule has 3 heterocycles. The van der Waals surface area contributed by atoms with E-state index in [1.165, 1.54) is 10.9 Å². The molecule has 142 valence electrons. The van der Waals surface area contributed by atoms with Gasteiger partial charge in [-0.25, -0.2) is 23.1 Å². The third-order valence-corrected chi connectivity index (χ3v) is 4.39. The number of pyridine rings is 1. The number of nitrogens with two attached hydrogens (primary N) is 1. The second-order valence-corrected chi connectivity index (χ2v) is 6.24. The number of halogens is 1. The van der Waals surface area contributed by atoms with Crippen molar-refractivity contribution >= 4 is 11.0 Å². The first-order valence-corrected chi connectivity index (χ1v) is 8.43. The lowest BCUT2D eigenvalue weighted by Crippen LogP contribution is -2.26. The maximum absolute atomic E-state index is 12.7. The quantitative estimate of drug-likeness (QED) is 0.559. The fourth-order valence-corrected chi connectivity index (χ4v) is 2.85. The van der Waals surface area contributed by atoms with E-state index in [-0.39, 0.29) is 18.7 Å². The van der Waals surface area contributed by atoms with Gasteiger partial charge in [0.2, 0.25) is 0 Å². The predicted molar refractivity (Wildman–Crippen MR) is 99.4 cm³/mol. The Morgan fingerprint density at radius 3 is 2.86 bits per heavy atom. The standard InChI is InChI=1S/C18H16FN7O2/c1-11-4-15(13-2-3-14-16(5-13)24-28-23-14)21-8-17(11)25-10-22-26(18(25)27)9-12(6-19)7-20/h2-6,8,10H,7,9,20H2,1H3/b12-6+. The van der Waals surface area contributed by atoms with Crippen molar-refractivity contribution in [2.24, 2.45) is 5.73 Å². The largest absolute Gasteiger partial charge is 0.350 e. The number of hydrogen-bond acceptors (Lipinski definition) is 7. The summed E-state index contributed by atoms with van der Waals surface area (Å²) in [6, 6.07) is 7.36. The molecule has 9 nitrogen and oxygen atoms in total. The minimum absolute atomic E-state index is 0.00482. The molecule has 2 N–H and O–H groups in total. The fraction of sp³-hybridized carbons (Fsp3) is 0.167. The van der Waals surface area contributed by atoms with E-state index in [9.17, 15) is 9.18 Å². The van der Waals surface area contributed by atoms with Crippen LogP contribution in [0, 0.1) is 6.92 Å². The maximum atomic E-state index is 12.7. The van der Waals surface area contributed by atoms with Gasteiger partial charge in [-0.15, -0.1) is 0 Å². The Balaban J connectivity index is 1.68. The summed E-state index contributed by atoms with van der Waals surface area (Å²) < 4.78 is 20.0. The summed E-state index contributed by atoms with van der Waals surface area (Å²) in [7, 11) is 0. The highest BCUT2D eigenvalue weighted by atomic mass is 19.1. The second kappa shape index (κ2) is 7.16. The lowest BCUT2D eigenvalue weighted by Gasteiger charge is -2.08. The van der Waals surface area contributed by atoms with E-state index in [2.05, 4.69) is 20.4 Å². The van der Waals surface area contributed by atoms with Crippen LogP contribution in [-0.2, 0) is 6.54 Å². The van der Waals surface area contributed by atoms with Crippen molar-refractivity contribution in [3.05, 3.63) is 64.7 Å². The van der Waals surface area contributed by atoms with Crippen LogP contribution in [0.25, 0.3) is 28.0 Å². The SMILES string of the molecule is Cc1cc(-c2ccc3nonc3c2)ncc1-n1cnn(C/C(=C/F)CN)c1=O.